The van der Waals surface area contributed by atoms with E-state index in [1.54, 1.807) is 14.0 Å². The Morgan fingerprint density at radius 2 is 1.86 bits per heavy atom. The molecule has 28 heavy (non-hydrogen) atoms. The molecule has 5 rings (SSSR count). The van der Waals surface area contributed by atoms with Crippen LogP contribution >= 0.6 is 0 Å². The van der Waals surface area contributed by atoms with Gasteiger partial charge in [0.25, 0.3) is 0 Å². The van der Waals surface area contributed by atoms with Gasteiger partial charge in [-0.05, 0) is 75.7 Å². The van der Waals surface area contributed by atoms with E-state index in [-0.39, 0.29) is 12.5 Å². The molecule has 4 aliphatic rings. The molecule has 154 valence electrons. The van der Waals surface area contributed by atoms with Gasteiger partial charge >= 0.3 is 5.97 Å². The predicted octanol–water partition coefficient (Wildman–Crippen LogP) is 2.68. The van der Waals surface area contributed by atoms with Gasteiger partial charge in [-0.3, -0.25) is 14.4 Å². The van der Waals surface area contributed by atoms with Gasteiger partial charge < -0.3 is 10.1 Å². The van der Waals surface area contributed by atoms with Gasteiger partial charge in [0.15, 0.2) is 0 Å². The summed E-state index contributed by atoms with van der Waals surface area (Å²) < 4.78 is 6.55. The van der Waals surface area contributed by atoms with E-state index < -0.39 is 5.97 Å². The van der Waals surface area contributed by atoms with Crippen molar-refractivity contribution in [3.63, 3.8) is 0 Å². The van der Waals surface area contributed by atoms with Crippen molar-refractivity contribution in [1.82, 2.24) is 14.7 Å². The number of hydrogen-bond acceptors (Lipinski definition) is 5. The quantitative estimate of drug-likeness (QED) is 0.727. The lowest BCUT2D eigenvalue weighted by molar-refractivity contribution is -0.118. The van der Waals surface area contributed by atoms with E-state index in [9.17, 15) is 9.59 Å². The second-order valence-corrected chi connectivity index (χ2v) is 9.39. The molecule has 4 fully saturated rings. The Labute approximate surface area is 166 Å². The van der Waals surface area contributed by atoms with Gasteiger partial charge in [0, 0.05) is 13.6 Å². The molecule has 4 saturated carbocycles. The summed E-state index contributed by atoms with van der Waals surface area (Å²) in [5, 5.41) is 6.94. The number of ether oxygens (including phenoxy) is 1. The molecule has 7 heteroatoms. The Hall–Kier alpha value is -1.89. The van der Waals surface area contributed by atoms with Gasteiger partial charge in [0.05, 0.1) is 19.3 Å². The third kappa shape index (κ3) is 3.81. The molecule has 1 amide bonds. The second kappa shape index (κ2) is 7.50. The molecule has 0 atom stereocenters. The van der Waals surface area contributed by atoms with Gasteiger partial charge in [0.1, 0.15) is 11.4 Å². The molecule has 0 spiro atoms. The Morgan fingerprint density at radius 1 is 1.25 bits per heavy atom. The van der Waals surface area contributed by atoms with E-state index in [1.165, 1.54) is 49.4 Å². The molecule has 7 nitrogen and oxygen atoms in total. The van der Waals surface area contributed by atoms with Crippen molar-refractivity contribution < 1.29 is 14.3 Å². The van der Waals surface area contributed by atoms with Crippen LogP contribution in [0, 0.1) is 23.2 Å². The maximum Gasteiger partial charge on any atom is 0.343 e. The van der Waals surface area contributed by atoms with E-state index in [0.717, 1.165) is 24.3 Å². The fourth-order valence-electron chi connectivity index (χ4n) is 6.47. The number of carbonyl (C=O) groups is 2. The molecule has 0 unspecified atom stereocenters. The van der Waals surface area contributed by atoms with Gasteiger partial charge in [-0.15, -0.1) is 0 Å². The maximum absolute atomic E-state index is 12.6. The zero-order valence-corrected chi connectivity index (χ0v) is 17.2. The lowest BCUT2D eigenvalue weighted by atomic mass is 9.49. The van der Waals surface area contributed by atoms with E-state index in [2.05, 4.69) is 15.3 Å². The first-order valence-electron chi connectivity index (χ1n) is 10.5. The average Bonchev–Trinajstić information content (AvgIpc) is 2.93. The van der Waals surface area contributed by atoms with Crippen molar-refractivity contribution >= 4 is 17.7 Å². The molecule has 1 aromatic heterocycles. The smallest absolute Gasteiger partial charge is 0.343 e. The first kappa shape index (κ1) is 19.4. The van der Waals surface area contributed by atoms with E-state index >= 15 is 0 Å². The summed E-state index contributed by atoms with van der Waals surface area (Å²) >= 11 is 0. The molecular weight excluding hydrogens is 356 g/mol. The van der Waals surface area contributed by atoms with Crippen LogP contribution in [-0.4, -0.2) is 53.3 Å². The lowest BCUT2D eigenvalue weighted by Crippen LogP contribution is -2.51. The number of aromatic nitrogens is 2. The van der Waals surface area contributed by atoms with E-state index in [4.69, 9.17) is 4.74 Å². The number of rotatable bonds is 7. The van der Waals surface area contributed by atoms with Crippen LogP contribution in [-0.2, 0) is 16.6 Å². The Balaban J connectivity index is 1.36. The van der Waals surface area contributed by atoms with Gasteiger partial charge in [0.2, 0.25) is 5.91 Å². The summed E-state index contributed by atoms with van der Waals surface area (Å²) in [6.45, 7) is 3.34. The fraction of sp³-hybridized carbons (Fsp3) is 0.762. The van der Waals surface area contributed by atoms with Crippen LogP contribution < -0.4 is 5.32 Å². The zero-order valence-electron chi connectivity index (χ0n) is 17.2. The summed E-state index contributed by atoms with van der Waals surface area (Å²) in [7, 11) is 3.74. The van der Waals surface area contributed by atoms with Crippen LogP contribution in [0.25, 0.3) is 0 Å². The van der Waals surface area contributed by atoms with Crippen molar-refractivity contribution in [3.8, 4) is 0 Å². The SMILES string of the molecule is CCOC(=O)c1cnn(C)c1NC(=O)CN(C)CC12CC3CC(CC(C3)C1)C2. The van der Waals surface area contributed by atoms with Crippen molar-refractivity contribution in [3.05, 3.63) is 11.8 Å². The number of amides is 1. The Morgan fingerprint density at radius 3 is 2.43 bits per heavy atom. The molecular formula is C21H32N4O3. The molecule has 0 saturated heterocycles. The molecule has 1 aromatic rings. The number of nitrogens with one attached hydrogen (secondary N) is 1. The highest BCUT2D eigenvalue weighted by molar-refractivity contribution is 6.00. The van der Waals surface area contributed by atoms with E-state index in [1.807, 2.05) is 7.05 Å². The summed E-state index contributed by atoms with van der Waals surface area (Å²) in [4.78, 5) is 26.9. The molecule has 0 aromatic carbocycles. The standard InChI is InChI=1S/C21H32N4O3/c1-4-28-20(27)17-11-22-25(3)19(17)23-18(26)12-24(2)13-21-8-14-5-15(9-21)7-16(6-14)10-21/h11,14-16H,4-10,12-13H2,1-3H3,(H,23,26). The van der Waals surface area contributed by atoms with Crippen LogP contribution in [0.2, 0.25) is 0 Å². The highest BCUT2D eigenvalue weighted by atomic mass is 16.5. The molecule has 0 radical (unpaired) electrons. The van der Waals surface area contributed by atoms with Gasteiger partial charge in [-0.1, -0.05) is 0 Å². The highest BCUT2D eigenvalue weighted by Gasteiger charge is 2.51. The summed E-state index contributed by atoms with van der Waals surface area (Å²) in [6, 6.07) is 0. The third-order valence-corrected chi connectivity index (χ3v) is 6.88. The first-order chi connectivity index (χ1) is 13.4. The van der Waals surface area contributed by atoms with Crippen molar-refractivity contribution in [2.24, 2.45) is 30.2 Å². The number of carbonyl (C=O) groups excluding carboxylic acids is 2. The largest absolute Gasteiger partial charge is 0.462 e. The van der Waals surface area contributed by atoms with Crippen LogP contribution in [0.3, 0.4) is 0 Å². The number of anilines is 1. The van der Waals surface area contributed by atoms with Gasteiger partial charge in [-0.2, -0.15) is 5.10 Å². The molecule has 4 aliphatic carbocycles. The number of esters is 1. The molecule has 4 bridgehead atoms. The monoisotopic (exact) mass is 388 g/mol. The third-order valence-electron chi connectivity index (χ3n) is 6.88. The van der Waals surface area contributed by atoms with Crippen LogP contribution in [0.15, 0.2) is 6.20 Å². The molecule has 1 heterocycles. The van der Waals surface area contributed by atoms with Crippen LogP contribution in [0.4, 0.5) is 5.82 Å². The number of nitrogens with zero attached hydrogens (tertiary/aromatic N) is 3. The summed E-state index contributed by atoms with van der Waals surface area (Å²) in [5.41, 5.74) is 0.702. The first-order valence-corrected chi connectivity index (χ1v) is 10.5. The minimum Gasteiger partial charge on any atom is -0.462 e. The number of hydrogen-bond donors (Lipinski definition) is 1. The van der Waals surface area contributed by atoms with Crippen molar-refractivity contribution in [2.75, 3.05) is 32.1 Å². The molecule has 1 N–H and O–H groups in total. The zero-order chi connectivity index (χ0) is 19.9. The fourth-order valence-corrected chi connectivity index (χ4v) is 6.47. The van der Waals surface area contributed by atoms with Crippen molar-refractivity contribution in [2.45, 2.75) is 45.4 Å². The number of aryl methyl sites for hydroxylation is 1. The van der Waals surface area contributed by atoms with Crippen LogP contribution in [0.1, 0.15) is 55.8 Å². The second-order valence-electron chi connectivity index (χ2n) is 9.39. The topological polar surface area (TPSA) is 76.5 Å². The molecule has 0 aliphatic heterocycles. The highest BCUT2D eigenvalue weighted by Crippen LogP contribution is 2.60. The van der Waals surface area contributed by atoms with Crippen LogP contribution in [0.5, 0.6) is 0 Å². The lowest BCUT2D eigenvalue weighted by Gasteiger charge is -2.57. The summed E-state index contributed by atoms with van der Waals surface area (Å²) in [6.07, 6.45) is 9.73. The normalized spacial score (nSPS) is 30.6. The summed E-state index contributed by atoms with van der Waals surface area (Å²) in [5.74, 6) is 2.54. The predicted molar refractivity (Wildman–Crippen MR) is 106 cm³/mol. The maximum atomic E-state index is 12.6. The minimum atomic E-state index is -0.465. The van der Waals surface area contributed by atoms with Gasteiger partial charge in [-0.25, -0.2) is 4.79 Å². The van der Waals surface area contributed by atoms with E-state index in [0.29, 0.717) is 23.3 Å². The Kier molecular flexibility index (Phi) is 5.21. The average molecular weight is 389 g/mol. The Bertz CT molecular complexity index is 722. The minimum absolute atomic E-state index is 0.124. The van der Waals surface area contributed by atoms with Crippen molar-refractivity contribution in [1.29, 1.82) is 0 Å². The number of likely N-dealkylation sites (N-methyl/N-ethyl adjacent to an activating group) is 1.